The Bertz CT molecular complexity index is 712. The highest BCUT2D eigenvalue weighted by Crippen LogP contribution is 2.47. The van der Waals surface area contributed by atoms with E-state index in [-0.39, 0.29) is 24.0 Å². The maximum Gasteiger partial charge on any atom is 0.194 e. The van der Waals surface area contributed by atoms with Crippen LogP contribution >= 0.6 is 24.0 Å². The average molecular weight is 477 g/mol. The van der Waals surface area contributed by atoms with Crippen molar-refractivity contribution in [2.24, 2.45) is 10.4 Å². The molecule has 1 aromatic carbocycles. The van der Waals surface area contributed by atoms with E-state index in [4.69, 9.17) is 4.99 Å². The van der Waals surface area contributed by atoms with E-state index in [0.29, 0.717) is 16.9 Å². The first-order valence-electron chi connectivity index (χ1n) is 8.74. The van der Waals surface area contributed by atoms with Gasteiger partial charge in [0.2, 0.25) is 0 Å². The van der Waals surface area contributed by atoms with Crippen LogP contribution in [-0.4, -0.2) is 45.2 Å². The summed E-state index contributed by atoms with van der Waals surface area (Å²) in [5.41, 5.74) is 1.57. The fourth-order valence-corrected chi connectivity index (χ4v) is 4.27. The van der Waals surface area contributed by atoms with Gasteiger partial charge in [0.25, 0.3) is 0 Å². The molecule has 7 heteroatoms. The Balaban J connectivity index is 0.00000225. The summed E-state index contributed by atoms with van der Waals surface area (Å²) >= 11 is 0. The number of hydrogen-bond acceptors (Lipinski definition) is 3. The number of rotatable bonds is 4. The molecular formula is C18H28IN3O2S. The molecule has 0 radical (unpaired) electrons. The summed E-state index contributed by atoms with van der Waals surface area (Å²) in [7, 11) is -3.14. The third kappa shape index (κ3) is 4.87. The van der Waals surface area contributed by atoms with Crippen LogP contribution in [0.3, 0.4) is 0 Å². The van der Waals surface area contributed by atoms with Gasteiger partial charge in [0.05, 0.1) is 11.4 Å². The highest BCUT2D eigenvalue weighted by Gasteiger charge is 2.43. The lowest BCUT2D eigenvalue weighted by Crippen LogP contribution is -2.42. The second-order valence-electron chi connectivity index (χ2n) is 7.11. The van der Waals surface area contributed by atoms with Gasteiger partial charge in [0.15, 0.2) is 15.8 Å². The SMILES string of the molecule is CCNC(=NCc1ccc(S(C)(=O)=O)cc1)N1CCC2(CCC2)C1.I. The molecule has 1 saturated carbocycles. The average Bonchev–Trinajstić information content (AvgIpc) is 2.97. The summed E-state index contributed by atoms with van der Waals surface area (Å²) in [4.78, 5) is 7.50. The number of nitrogens with one attached hydrogen (secondary N) is 1. The zero-order valence-electron chi connectivity index (χ0n) is 15.0. The molecule has 1 aliphatic heterocycles. The van der Waals surface area contributed by atoms with Gasteiger partial charge in [-0.25, -0.2) is 13.4 Å². The molecule has 5 nitrogen and oxygen atoms in total. The van der Waals surface area contributed by atoms with E-state index in [1.54, 1.807) is 12.1 Å². The zero-order chi connectivity index (χ0) is 17.2. The smallest absolute Gasteiger partial charge is 0.194 e. The van der Waals surface area contributed by atoms with Gasteiger partial charge < -0.3 is 10.2 Å². The molecule has 0 bridgehead atoms. The van der Waals surface area contributed by atoms with Gasteiger partial charge in [-0.05, 0) is 49.3 Å². The number of aliphatic imine (C=N–C) groups is 1. The Morgan fingerprint density at radius 2 is 1.92 bits per heavy atom. The summed E-state index contributed by atoms with van der Waals surface area (Å²) in [5.74, 6) is 0.980. The van der Waals surface area contributed by atoms with Crippen LogP contribution in [0, 0.1) is 5.41 Å². The van der Waals surface area contributed by atoms with E-state index in [2.05, 4.69) is 17.1 Å². The van der Waals surface area contributed by atoms with Gasteiger partial charge >= 0.3 is 0 Å². The number of sulfone groups is 1. The Hall–Kier alpha value is -0.830. The first-order valence-corrected chi connectivity index (χ1v) is 10.6. The number of halogens is 1. The molecule has 3 rings (SSSR count). The second kappa shape index (κ2) is 8.24. The topological polar surface area (TPSA) is 61.8 Å². The molecule has 1 aliphatic carbocycles. The molecule has 1 heterocycles. The molecule has 0 atom stereocenters. The van der Waals surface area contributed by atoms with Gasteiger partial charge in [0, 0.05) is 25.9 Å². The van der Waals surface area contributed by atoms with Crippen molar-refractivity contribution in [3.8, 4) is 0 Å². The van der Waals surface area contributed by atoms with E-state index in [0.717, 1.165) is 31.2 Å². The predicted molar refractivity (Wildman–Crippen MR) is 112 cm³/mol. The van der Waals surface area contributed by atoms with Crippen LogP contribution in [0.2, 0.25) is 0 Å². The molecule has 1 spiro atoms. The first-order chi connectivity index (χ1) is 11.4. The summed E-state index contributed by atoms with van der Waals surface area (Å²) in [6, 6.07) is 7.01. The van der Waals surface area contributed by atoms with Crippen LogP contribution < -0.4 is 5.32 Å². The maximum atomic E-state index is 11.5. The van der Waals surface area contributed by atoms with Gasteiger partial charge in [-0.2, -0.15) is 0 Å². The second-order valence-corrected chi connectivity index (χ2v) is 9.13. The van der Waals surface area contributed by atoms with Crippen molar-refractivity contribution in [1.82, 2.24) is 10.2 Å². The van der Waals surface area contributed by atoms with Gasteiger partial charge in [-0.15, -0.1) is 24.0 Å². The Kier molecular flexibility index (Phi) is 6.75. The third-order valence-corrected chi connectivity index (χ3v) is 6.38. The van der Waals surface area contributed by atoms with Crippen molar-refractivity contribution in [2.75, 3.05) is 25.9 Å². The first kappa shape index (κ1) is 20.5. The van der Waals surface area contributed by atoms with E-state index >= 15 is 0 Å². The summed E-state index contributed by atoms with van der Waals surface area (Å²) in [6.45, 7) is 5.71. The van der Waals surface area contributed by atoms with Crippen LogP contribution in [0.5, 0.6) is 0 Å². The minimum atomic E-state index is -3.14. The highest BCUT2D eigenvalue weighted by atomic mass is 127. The zero-order valence-corrected chi connectivity index (χ0v) is 18.1. The van der Waals surface area contributed by atoms with Crippen LogP contribution in [0.4, 0.5) is 0 Å². The molecule has 2 fully saturated rings. The predicted octanol–water partition coefficient (Wildman–Crippen LogP) is 3.05. The third-order valence-electron chi connectivity index (χ3n) is 5.25. The van der Waals surface area contributed by atoms with E-state index in [1.165, 1.54) is 31.9 Å². The van der Waals surface area contributed by atoms with Crippen LogP contribution in [-0.2, 0) is 16.4 Å². The molecule has 0 aromatic heterocycles. The van der Waals surface area contributed by atoms with Crippen LogP contribution in [0.15, 0.2) is 34.2 Å². The van der Waals surface area contributed by atoms with Crippen molar-refractivity contribution in [2.45, 2.75) is 44.0 Å². The maximum absolute atomic E-state index is 11.5. The number of likely N-dealkylation sites (tertiary alicyclic amines) is 1. The molecule has 0 unspecified atom stereocenters. The standard InChI is InChI=1S/C18H27N3O2S.HI/c1-3-19-17(21-12-11-18(14-21)9-4-10-18)20-13-15-5-7-16(8-6-15)24(2,22)23;/h5-8H,3-4,9-14H2,1-2H3,(H,19,20);1H. The molecule has 1 saturated heterocycles. The molecule has 1 aromatic rings. The van der Waals surface area contributed by atoms with E-state index in [9.17, 15) is 8.42 Å². The van der Waals surface area contributed by atoms with Gasteiger partial charge in [0.1, 0.15) is 0 Å². The minimum absolute atomic E-state index is 0. The van der Waals surface area contributed by atoms with Crippen molar-refractivity contribution in [1.29, 1.82) is 0 Å². The normalized spacial score (nSPS) is 19.4. The van der Waals surface area contributed by atoms with E-state index in [1.807, 2.05) is 12.1 Å². The van der Waals surface area contributed by atoms with Crippen molar-refractivity contribution in [3.05, 3.63) is 29.8 Å². The van der Waals surface area contributed by atoms with Crippen molar-refractivity contribution in [3.63, 3.8) is 0 Å². The Labute approximate surface area is 168 Å². The number of hydrogen-bond donors (Lipinski definition) is 1. The monoisotopic (exact) mass is 477 g/mol. The lowest BCUT2D eigenvalue weighted by molar-refractivity contribution is 0.151. The number of nitrogens with zero attached hydrogens (tertiary/aromatic N) is 2. The molecular weight excluding hydrogens is 449 g/mol. The summed E-state index contributed by atoms with van der Waals surface area (Å²) < 4.78 is 23.0. The largest absolute Gasteiger partial charge is 0.357 e. The van der Waals surface area contributed by atoms with Gasteiger partial charge in [-0.3, -0.25) is 0 Å². The van der Waals surface area contributed by atoms with Crippen molar-refractivity contribution < 1.29 is 8.42 Å². The van der Waals surface area contributed by atoms with Crippen LogP contribution in [0.25, 0.3) is 0 Å². The fourth-order valence-electron chi connectivity index (χ4n) is 3.63. The molecule has 140 valence electrons. The number of benzene rings is 1. The van der Waals surface area contributed by atoms with Gasteiger partial charge in [-0.1, -0.05) is 18.6 Å². The van der Waals surface area contributed by atoms with Crippen LogP contribution in [0.1, 0.15) is 38.2 Å². The molecule has 2 aliphatic rings. The molecule has 1 N–H and O–H groups in total. The van der Waals surface area contributed by atoms with E-state index < -0.39 is 9.84 Å². The summed E-state index contributed by atoms with van der Waals surface area (Å²) in [6.07, 6.45) is 6.59. The number of guanidine groups is 1. The van der Waals surface area contributed by atoms with Crippen molar-refractivity contribution >= 4 is 39.8 Å². The lowest BCUT2D eigenvalue weighted by atomic mass is 9.68. The highest BCUT2D eigenvalue weighted by molar-refractivity contribution is 14.0. The lowest BCUT2D eigenvalue weighted by Gasteiger charge is -2.38. The Morgan fingerprint density at radius 1 is 1.24 bits per heavy atom. The summed E-state index contributed by atoms with van der Waals surface area (Å²) in [5, 5.41) is 3.40. The minimum Gasteiger partial charge on any atom is -0.357 e. The fraction of sp³-hybridized carbons (Fsp3) is 0.611. The quantitative estimate of drug-likeness (QED) is 0.412. The molecule has 25 heavy (non-hydrogen) atoms. The Morgan fingerprint density at radius 3 is 2.40 bits per heavy atom. The molecule has 0 amide bonds.